The third-order valence-electron chi connectivity index (χ3n) is 1.49. The second-order valence-electron chi connectivity index (χ2n) is 2.54. The van der Waals surface area contributed by atoms with Crippen LogP contribution in [0.5, 0.6) is 0 Å². The van der Waals surface area contributed by atoms with E-state index in [1.807, 2.05) is 6.07 Å². The molecule has 0 aliphatic rings. The van der Waals surface area contributed by atoms with Gasteiger partial charge in [-0.2, -0.15) is 0 Å². The molecule has 0 aliphatic carbocycles. The van der Waals surface area contributed by atoms with E-state index >= 15 is 0 Å². The van der Waals surface area contributed by atoms with E-state index in [1.54, 1.807) is 18.2 Å². The van der Waals surface area contributed by atoms with E-state index in [4.69, 9.17) is 5.11 Å². The molecule has 1 aromatic rings. The normalized spacial score (nSPS) is 9.62. The van der Waals surface area contributed by atoms with Crippen molar-refractivity contribution in [3.05, 3.63) is 34.3 Å². The van der Waals surface area contributed by atoms with Crippen LogP contribution in [0.25, 0.3) is 0 Å². The number of ketones is 1. The van der Waals surface area contributed by atoms with Gasteiger partial charge in [0.1, 0.15) is 0 Å². The number of Topliss-reactive ketones (excluding diaryl/α,β-unsaturated/α-hetero) is 1. The minimum absolute atomic E-state index is 0.0607. The van der Waals surface area contributed by atoms with Gasteiger partial charge < -0.3 is 5.11 Å². The van der Waals surface area contributed by atoms with Crippen LogP contribution >= 0.6 is 15.9 Å². The number of carboxylic acids is 1. The lowest BCUT2D eigenvalue weighted by Crippen LogP contribution is -2.14. The van der Waals surface area contributed by atoms with Crippen molar-refractivity contribution in [1.29, 1.82) is 0 Å². The molecule has 1 rings (SSSR count). The SMILES string of the molecule is O=C(O)C(=O)Cc1cccc(Br)c1. The van der Waals surface area contributed by atoms with E-state index in [-0.39, 0.29) is 6.42 Å². The Hall–Kier alpha value is -1.16. The van der Waals surface area contributed by atoms with Crippen LogP contribution in [-0.2, 0) is 16.0 Å². The molecule has 13 heavy (non-hydrogen) atoms. The monoisotopic (exact) mass is 242 g/mol. The molecule has 4 heteroatoms. The minimum Gasteiger partial charge on any atom is -0.475 e. The summed E-state index contributed by atoms with van der Waals surface area (Å²) < 4.78 is 0.836. The lowest BCUT2D eigenvalue weighted by molar-refractivity contribution is -0.148. The van der Waals surface area contributed by atoms with Gasteiger partial charge in [-0.1, -0.05) is 28.1 Å². The first-order chi connectivity index (χ1) is 6.09. The number of aliphatic carboxylic acids is 1. The Kier molecular flexibility index (Phi) is 3.19. The molecule has 0 saturated heterocycles. The van der Waals surface area contributed by atoms with Crippen molar-refractivity contribution in [3.63, 3.8) is 0 Å². The highest BCUT2D eigenvalue weighted by molar-refractivity contribution is 9.10. The smallest absolute Gasteiger partial charge is 0.372 e. The molecule has 0 saturated carbocycles. The summed E-state index contributed by atoms with van der Waals surface area (Å²) in [6.07, 6.45) is -0.0607. The van der Waals surface area contributed by atoms with Gasteiger partial charge in [0.25, 0.3) is 0 Å². The molecule has 0 bridgehead atoms. The Morgan fingerprint density at radius 1 is 1.38 bits per heavy atom. The quantitative estimate of drug-likeness (QED) is 0.821. The van der Waals surface area contributed by atoms with Crippen LogP contribution in [0.3, 0.4) is 0 Å². The first-order valence-electron chi connectivity index (χ1n) is 3.60. The highest BCUT2D eigenvalue weighted by Gasteiger charge is 2.11. The topological polar surface area (TPSA) is 54.4 Å². The third-order valence-corrected chi connectivity index (χ3v) is 1.99. The fourth-order valence-corrected chi connectivity index (χ4v) is 1.35. The molecule has 0 atom stereocenters. The van der Waals surface area contributed by atoms with Gasteiger partial charge in [0.05, 0.1) is 0 Å². The average molecular weight is 243 g/mol. The van der Waals surface area contributed by atoms with E-state index in [0.717, 1.165) is 4.47 Å². The minimum atomic E-state index is -1.39. The van der Waals surface area contributed by atoms with Crippen molar-refractivity contribution >= 4 is 27.7 Å². The number of carbonyl (C=O) groups excluding carboxylic acids is 1. The maximum Gasteiger partial charge on any atom is 0.372 e. The van der Waals surface area contributed by atoms with E-state index in [0.29, 0.717) is 5.56 Å². The summed E-state index contributed by atoms with van der Waals surface area (Å²) in [5.74, 6) is -2.18. The number of hydrogen-bond acceptors (Lipinski definition) is 2. The molecule has 0 aliphatic heterocycles. The third kappa shape index (κ3) is 2.99. The van der Waals surface area contributed by atoms with Crippen LogP contribution in [0.15, 0.2) is 28.7 Å². The van der Waals surface area contributed by atoms with E-state index < -0.39 is 11.8 Å². The number of hydrogen-bond donors (Lipinski definition) is 1. The van der Waals surface area contributed by atoms with Crippen LogP contribution in [0, 0.1) is 0 Å². The number of carboxylic acid groups (broad SMARTS) is 1. The molecule has 0 radical (unpaired) electrons. The number of benzene rings is 1. The summed E-state index contributed by atoms with van der Waals surface area (Å²) in [5.41, 5.74) is 0.696. The molecular weight excluding hydrogens is 236 g/mol. The van der Waals surface area contributed by atoms with Gasteiger partial charge in [0, 0.05) is 10.9 Å². The summed E-state index contributed by atoms with van der Waals surface area (Å²) in [6, 6.07) is 7.01. The average Bonchev–Trinajstić information content (AvgIpc) is 2.04. The van der Waals surface area contributed by atoms with Gasteiger partial charge in [-0.05, 0) is 17.7 Å². The molecule has 0 spiro atoms. The van der Waals surface area contributed by atoms with Crippen LogP contribution in [-0.4, -0.2) is 16.9 Å². The Bertz CT molecular complexity index is 346. The zero-order valence-corrected chi connectivity index (χ0v) is 8.24. The Morgan fingerprint density at radius 3 is 2.62 bits per heavy atom. The second kappa shape index (κ2) is 4.18. The fourth-order valence-electron chi connectivity index (χ4n) is 0.908. The number of carbonyl (C=O) groups is 2. The van der Waals surface area contributed by atoms with Gasteiger partial charge >= 0.3 is 5.97 Å². The van der Waals surface area contributed by atoms with Gasteiger partial charge in [-0.3, -0.25) is 4.79 Å². The lowest BCUT2D eigenvalue weighted by atomic mass is 10.1. The van der Waals surface area contributed by atoms with Crippen LogP contribution in [0.4, 0.5) is 0 Å². The zero-order chi connectivity index (χ0) is 9.84. The second-order valence-corrected chi connectivity index (χ2v) is 3.45. The van der Waals surface area contributed by atoms with Crippen LogP contribution < -0.4 is 0 Å². The first-order valence-corrected chi connectivity index (χ1v) is 4.39. The molecule has 3 nitrogen and oxygen atoms in total. The van der Waals surface area contributed by atoms with Gasteiger partial charge in [-0.15, -0.1) is 0 Å². The Labute approximate surface area is 83.5 Å². The number of rotatable bonds is 3. The highest BCUT2D eigenvalue weighted by atomic mass is 79.9. The maximum atomic E-state index is 10.8. The predicted octanol–water partition coefficient (Wildman–Crippen LogP) is 1.65. The van der Waals surface area contributed by atoms with E-state index in [1.165, 1.54) is 0 Å². The highest BCUT2D eigenvalue weighted by Crippen LogP contribution is 2.12. The van der Waals surface area contributed by atoms with Crippen LogP contribution in [0.2, 0.25) is 0 Å². The largest absolute Gasteiger partial charge is 0.475 e. The molecule has 0 unspecified atom stereocenters. The Balaban J connectivity index is 2.75. The lowest BCUT2D eigenvalue weighted by Gasteiger charge is -1.97. The van der Waals surface area contributed by atoms with Crippen molar-refractivity contribution in [2.75, 3.05) is 0 Å². The van der Waals surface area contributed by atoms with Crippen molar-refractivity contribution in [2.45, 2.75) is 6.42 Å². The summed E-state index contributed by atoms with van der Waals surface area (Å²) in [4.78, 5) is 21.0. The fraction of sp³-hybridized carbons (Fsp3) is 0.111. The number of halogens is 1. The van der Waals surface area contributed by atoms with Crippen LogP contribution in [0.1, 0.15) is 5.56 Å². The molecule has 0 heterocycles. The van der Waals surface area contributed by atoms with Crippen molar-refractivity contribution in [2.24, 2.45) is 0 Å². The molecule has 0 amide bonds. The van der Waals surface area contributed by atoms with Crippen molar-refractivity contribution in [1.82, 2.24) is 0 Å². The Morgan fingerprint density at radius 2 is 2.08 bits per heavy atom. The zero-order valence-electron chi connectivity index (χ0n) is 6.66. The summed E-state index contributed by atoms with van der Waals surface area (Å²) in [7, 11) is 0. The van der Waals surface area contributed by atoms with Gasteiger partial charge in [0.15, 0.2) is 0 Å². The van der Waals surface area contributed by atoms with Gasteiger partial charge in [-0.25, -0.2) is 4.79 Å². The molecular formula is C9H7BrO3. The summed E-state index contributed by atoms with van der Waals surface area (Å²) >= 11 is 3.23. The van der Waals surface area contributed by atoms with Gasteiger partial charge in [0.2, 0.25) is 5.78 Å². The molecule has 0 fully saturated rings. The summed E-state index contributed by atoms with van der Waals surface area (Å²) in [5, 5.41) is 8.35. The molecule has 1 aromatic carbocycles. The molecule has 1 N–H and O–H groups in total. The van der Waals surface area contributed by atoms with E-state index in [9.17, 15) is 9.59 Å². The maximum absolute atomic E-state index is 10.8. The predicted molar refractivity (Wildman–Crippen MR) is 50.5 cm³/mol. The van der Waals surface area contributed by atoms with E-state index in [2.05, 4.69) is 15.9 Å². The first kappa shape index (κ1) is 9.92. The van der Waals surface area contributed by atoms with Crippen molar-refractivity contribution in [3.8, 4) is 0 Å². The van der Waals surface area contributed by atoms with Crippen molar-refractivity contribution < 1.29 is 14.7 Å². The molecule has 0 aromatic heterocycles. The standard InChI is InChI=1S/C9H7BrO3/c10-7-3-1-2-6(4-7)5-8(11)9(12)13/h1-4H,5H2,(H,12,13). The molecule has 68 valence electrons. The summed E-state index contributed by atoms with van der Waals surface area (Å²) in [6.45, 7) is 0.